The molecule has 0 saturated heterocycles. The smallest absolute Gasteiger partial charge is 0.123 e. The zero-order valence-electron chi connectivity index (χ0n) is 11.0. The molecule has 0 amide bonds. The van der Waals surface area contributed by atoms with Gasteiger partial charge in [0.15, 0.2) is 0 Å². The van der Waals surface area contributed by atoms with Crippen LogP contribution in [0.4, 0.5) is 4.39 Å². The Morgan fingerprint density at radius 2 is 1.74 bits per heavy atom. The largest absolute Gasteiger partial charge is 0.388 e. The molecule has 0 aliphatic heterocycles. The van der Waals surface area contributed by atoms with Gasteiger partial charge >= 0.3 is 0 Å². The van der Waals surface area contributed by atoms with E-state index in [-0.39, 0.29) is 5.82 Å². The van der Waals surface area contributed by atoms with E-state index in [2.05, 4.69) is 0 Å². The molecule has 19 heavy (non-hydrogen) atoms. The summed E-state index contributed by atoms with van der Waals surface area (Å²) < 4.78 is 13.2. The molecule has 100 valence electrons. The van der Waals surface area contributed by atoms with Crippen molar-refractivity contribution < 1.29 is 9.50 Å². The van der Waals surface area contributed by atoms with Crippen molar-refractivity contribution in [1.29, 1.82) is 0 Å². The predicted octanol–water partition coefficient (Wildman–Crippen LogP) is 4.37. The van der Waals surface area contributed by atoms with Gasteiger partial charge in [-0.2, -0.15) is 0 Å². The maximum absolute atomic E-state index is 13.2. The first kappa shape index (κ1) is 14.0. The molecule has 0 fully saturated rings. The summed E-state index contributed by atoms with van der Waals surface area (Å²) in [6.45, 7) is 3.97. The van der Waals surface area contributed by atoms with Gasteiger partial charge in [0.1, 0.15) is 5.82 Å². The van der Waals surface area contributed by atoms with E-state index in [4.69, 9.17) is 11.6 Å². The minimum atomic E-state index is -0.683. The maximum atomic E-state index is 13.2. The Bertz CT molecular complexity index is 575. The van der Waals surface area contributed by atoms with E-state index in [1.807, 2.05) is 32.0 Å². The molecule has 0 saturated carbocycles. The number of aryl methyl sites for hydroxylation is 2. The van der Waals surface area contributed by atoms with Crippen LogP contribution in [0.2, 0.25) is 5.02 Å². The summed E-state index contributed by atoms with van der Waals surface area (Å²) in [6, 6.07) is 10.1. The molecule has 0 bridgehead atoms. The highest BCUT2D eigenvalue weighted by molar-refractivity contribution is 6.31. The van der Waals surface area contributed by atoms with E-state index in [0.717, 1.165) is 16.7 Å². The molecule has 1 atom stereocenters. The van der Waals surface area contributed by atoms with Crippen molar-refractivity contribution in [2.75, 3.05) is 0 Å². The number of benzene rings is 2. The molecular formula is C16H16ClFO. The van der Waals surface area contributed by atoms with Gasteiger partial charge in [-0.3, -0.25) is 0 Å². The second kappa shape index (κ2) is 5.72. The lowest BCUT2D eigenvalue weighted by molar-refractivity contribution is 0.178. The highest BCUT2D eigenvalue weighted by atomic mass is 35.5. The van der Waals surface area contributed by atoms with Gasteiger partial charge in [-0.15, -0.1) is 0 Å². The number of halogens is 2. The fourth-order valence-electron chi connectivity index (χ4n) is 2.23. The Balaban J connectivity index is 2.25. The van der Waals surface area contributed by atoms with Crippen LogP contribution in [0.1, 0.15) is 28.4 Å². The van der Waals surface area contributed by atoms with Gasteiger partial charge in [0.2, 0.25) is 0 Å². The molecule has 0 radical (unpaired) electrons. The summed E-state index contributed by atoms with van der Waals surface area (Å²) in [7, 11) is 0. The van der Waals surface area contributed by atoms with Gasteiger partial charge in [0, 0.05) is 11.4 Å². The van der Waals surface area contributed by atoms with Crippen molar-refractivity contribution in [3.05, 3.63) is 69.5 Å². The van der Waals surface area contributed by atoms with E-state index in [1.165, 1.54) is 18.2 Å². The molecule has 0 aliphatic rings. The fraction of sp³-hybridized carbons (Fsp3) is 0.250. The Labute approximate surface area is 117 Å². The Morgan fingerprint density at radius 1 is 1.11 bits per heavy atom. The van der Waals surface area contributed by atoms with Gasteiger partial charge < -0.3 is 5.11 Å². The molecule has 2 aromatic carbocycles. The summed E-state index contributed by atoms with van der Waals surface area (Å²) in [5.41, 5.74) is 3.64. The molecule has 0 aromatic heterocycles. The second-order valence-corrected chi connectivity index (χ2v) is 5.28. The lowest BCUT2D eigenvalue weighted by Gasteiger charge is -2.14. The molecule has 1 nitrogen and oxygen atoms in total. The monoisotopic (exact) mass is 278 g/mol. The summed E-state index contributed by atoms with van der Waals surface area (Å²) in [5.74, 6) is -0.341. The van der Waals surface area contributed by atoms with E-state index in [9.17, 15) is 9.50 Å². The molecule has 1 N–H and O–H groups in total. The van der Waals surface area contributed by atoms with E-state index >= 15 is 0 Å². The van der Waals surface area contributed by atoms with E-state index in [0.29, 0.717) is 17.0 Å². The molecule has 2 aromatic rings. The van der Waals surface area contributed by atoms with Crippen molar-refractivity contribution in [1.82, 2.24) is 0 Å². The van der Waals surface area contributed by atoms with Crippen LogP contribution >= 0.6 is 11.6 Å². The number of aliphatic hydroxyl groups is 1. The third-order valence-electron chi connectivity index (χ3n) is 3.05. The Morgan fingerprint density at radius 3 is 2.37 bits per heavy atom. The first-order valence-electron chi connectivity index (χ1n) is 6.16. The molecular weight excluding hydrogens is 263 g/mol. The van der Waals surface area contributed by atoms with Crippen molar-refractivity contribution in [2.24, 2.45) is 0 Å². The quantitative estimate of drug-likeness (QED) is 0.884. The van der Waals surface area contributed by atoms with Crippen LogP contribution in [0.15, 0.2) is 36.4 Å². The summed E-state index contributed by atoms with van der Waals surface area (Å²) in [6.07, 6.45) is -0.377. The van der Waals surface area contributed by atoms with Crippen LogP contribution in [-0.4, -0.2) is 5.11 Å². The zero-order valence-corrected chi connectivity index (χ0v) is 11.7. The average Bonchev–Trinajstić information content (AvgIpc) is 2.32. The molecule has 0 spiro atoms. The maximum Gasteiger partial charge on any atom is 0.123 e. The SMILES string of the molecule is Cc1cc(C)cc(C(O)Cc2cc(F)ccc2Cl)c1. The van der Waals surface area contributed by atoms with Gasteiger partial charge in [0.25, 0.3) is 0 Å². The first-order chi connectivity index (χ1) is 8.95. The summed E-state index contributed by atoms with van der Waals surface area (Å²) in [4.78, 5) is 0. The van der Waals surface area contributed by atoms with Gasteiger partial charge in [-0.25, -0.2) is 4.39 Å². The third kappa shape index (κ3) is 3.55. The molecule has 3 heteroatoms. The van der Waals surface area contributed by atoms with E-state index < -0.39 is 6.10 Å². The predicted molar refractivity (Wildman–Crippen MR) is 76.0 cm³/mol. The second-order valence-electron chi connectivity index (χ2n) is 4.88. The van der Waals surface area contributed by atoms with Crippen LogP contribution < -0.4 is 0 Å². The lowest BCUT2D eigenvalue weighted by Crippen LogP contribution is -2.03. The normalized spacial score (nSPS) is 12.5. The standard InChI is InChI=1S/C16H16ClFO/c1-10-5-11(2)7-13(6-10)16(19)9-12-8-14(18)3-4-15(12)17/h3-8,16,19H,9H2,1-2H3. The summed E-state index contributed by atoms with van der Waals surface area (Å²) >= 11 is 6.01. The minimum Gasteiger partial charge on any atom is -0.388 e. The lowest BCUT2D eigenvalue weighted by atomic mass is 9.98. The van der Waals surface area contributed by atoms with Crippen molar-refractivity contribution >= 4 is 11.6 Å². The van der Waals surface area contributed by atoms with Crippen LogP contribution in [0.25, 0.3) is 0 Å². The molecule has 0 heterocycles. The van der Waals surface area contributed by atoms with Crippen LogP contribution in [0, 0.1) is 19.7 Å². The van der Waals surface area contributed by atoms with Gasteiger partial charge in [0.05, 0.1) is 6.10 Å². The Kier molecular flexibility index (Phi) is 4.23. The zero-order chi connectivity index (χ0) is 14.0. The highest BCUT2D eigenvalue weighted by Gasteiger charge is 2.12. The van der Waals surface area contributed by atoms with Crippen molar-refractivity contribution in [3.8, 4) is 0 Å². The molecule has 1 unspecified atom stereocenters. The van der Waals surface area contributed by atoms with Crippen molar-refractivity contribution in [2.45, 2.75) is 26.4 Å². The third-order valence-corrected chi connectivity index (χ3v) is 3.42. The first-order valence-corrected chi connectivity index (χ1v) is 6.53. The Hall–Kier alpha value is -1.38. The fourth-order valence-corrected chi connectivity index (χ4v) is 2.42. The van der Waals surface area contributed by atoms with Crippen LogP contribution in [-0.2, 0) is 6.42 Å². The van der Waals surface area contributed by atoms with Gasteiger partial charge in [-0.1, -0.05) is 40.9 Å². The number of hydrogen-bond donors (Lipinski definition) is 1. The number of rotatable bonds is 3. The highest BCUT2D eigenvalue weighted by Crippen LogP contribution is 2.25. The van der Waals surface area contributed by atoms with Crippen LogP contribution in [0.5, 0.6) is 0 Å². The summed E-state index contributed by atoms with van der Waals surface area (Å²) in [5, 5.41) is 10.7. The van der Waals surface area contributed by atoms with Gasteiger partial charge in [-0.05, 0) is 43.2 Å². The average molecular weight is 279 g/mol. The number of aliphatic hydroxyl groups excluding tert-OH is 1. The minimum absolute atomic E-state index is 0.305. The topological polar surface area (TPSA) is 20.2 Å². The van der Waals surface area contributed by atoms with Crippen molar-refractivity contribution in [3.63, 3.8) is 0 Å². The van der Waals surface area contributed by atoms with Crippen LogP contribution in [0.3, 0.4) is 0 Å². The number of hydrogen-bond acceptors (Lipinski definition) is 1. The molecule has 2 rings (SSSR count). The van der Waals surface area contributed by atoms with E-state index in [1.54, 1.807) is 0 Å². The molecule has 0 aliphatic carbocycles.